The highest BCUT2D eigenvalue weighted by molar-refractivity contribution is 5.97. The number of aliphatic hydroxyl groups is 1. The number of ether oxygens (including phenoxy) is 1. The summed E-state index contributed by atoms with van der Waals surface area (Å²) in [5.74, 6) is -2.46. The first-order chi connectivity index (χ1) is 11.8. The molecule has 1 rings (SSSR count). The van der Waals surface area contributed by atoms with Gasteiger partial charge < -0.3 is 20.3 Å². The second-order valence-corrected chi connectivity index (χ2v) is 6.25. The number of carbonyl (C=O) groups excluding carboxylic acids is 2. The maximum atomic E-state index is 12.3. The minimum Gasteiger partial charge on any atom is -0.480 e. The zero-order chi connectivity index (χ0) is 20.5. The molecule has 0 fully saturated rings. The first-order valence-corrected chi connectivity index (χ1v) is 7.65. The lowest BCUT2D eigenvalue weighted by atomic mass is 10.1. The zero-order valence-corrected chi connectivity index (χ0v) is 15.4. The van der Waals surface area contributed by atoms with Crippen molar-refractivity contribution in [2.75, 3.05) is 13.7 Å². The van der Waals surface area contributed by atoms with Crippen molar-refractivity contribution >= 4 is 17.8 Å². The lowest BCUT2D eigenvalue weighted by Gasteiger charge is -2.20. The Hall–Kier alpha value is -2.62. The van der Waals surface area contributed by atoms with Crippen molar-refractivity contribution in [3.63, 3.8) is 0 Å². The standard InChI is InChI=1S/C11H15N3O4.C5H9FO2/c1-11(2,10(17)18)13-9(16)8-3-4-14(5-6-15)12-7-8;1-5(2,6)4(7)8-3/h3-4,7,15H,5-6H2,1-2H3,(H-,13,16,17,18);1-3H3/p+1. The maximum Gasteiger partial charge on any atom is 0.343 e. The number of aliphatic hydroxyl groups excluding tert-OH is 1. The number of amides is 1. The number of rotatable bonds is 6. The van der Waals surface area contributed by atoms with Crippen molar-refractivity contribution in [3.8, 4) is 0 Å². The fraction of sp³-hybridized carbons (Fsp3) is 0.562. The van der Waals surface area contributed by atoms with E-state index in [4.69, 9.17) is 10.2 Å². The lowest BCUT2D eigenvalue weighted by molar-refractivity contribution is -0.754. The van der Waals surface area contributed by atoms with E-state index in [1.165, 1.54) is 30.8 Å². The van der Waals surface area contributed by atoms with Gasteiger partial charge in [0.25, 0.3) is 5.91 Å². The number of nitrogens with one attached hydrogen (secondary N) is 1. The van der Waals surface area contributed by atoms with Crippen molar-refractivity contribution in [1.82, 2.24) is 10.4 Å². The Balaban J connectivity index is 0.000000660. The molecule has 1 heterocycles. The SMILES string of the molecule is CC(C)(NC(=O)c1cc[n+](CCO)nc1)C(=O)O.COC(=O)C(C)(C)F. The fourth-order valence-electron chi connectivity index (χ4n) is 1.41. The Morgan fingerprint density at radius 1 is 1.31 bits per heavy atom. The summed E-state index contributed by atoms with van der Waals surface area (Å²) >= 11 is 0. The third-order valence-electron chi connectivity index (χ3n) is 2.99. The average Bonchev–Trinajstić information content (AvgIpc) is 2.54. The average molecular weight is 374 g/mol. The smallest absolute Gasteiger partial charge is 0.343 e. The first-order valence-electron chi connectivity index (χ1n) is 7.65. The third-order valence-corrected chi connectivity index (χ3v) is 2.99. The van der Waals surface area contributed by atoms with Gasteiger partial charge in [0.05, 0.1) is 12.7 Å². The molecule has 0 radical (unpaired) electrons. The predicted octanol–water partition coefficient (Wildman–Crippen LogP) is -0.138. The Morgan fingerprint density at radius 2 is 1.88 bits per heavy atom. The summed E-state index contributed by atoms with van der Waals surface area (Å²) < 4.78 is 17.9. The number of methoxy groups -OCH3 is 1. The highest BCUT2D eigenvalue weighted by atomic mass is 19.1. The second kappa shape index (κ2) is 9.76. The maximum absolute atomic E-state index is 12.3. The molecule has 0 aliphatic rings. The van der Waals surface area contributed by atoms with E-state index in [2.05, 4.69) is 15.2 Å². The quantitative estimate of drug-likeness (QED) is 0.467. The number of hydrogen-bond donors (Lipinski definition) is 3. The van der Waals surface area contributed by atoms with Crippen molar-refractivity contribution < 1.29 is 38.4 Å². The number of aromatic nitrogens is 2. The monoisotopic (exact) mass is 374 g/mol. The molecule has 0 atom stereocenters. The van der Waals surface area contributed by atoms with Gasteiger partial charge in [-0.2, -0.15) is 0 Å². The Kier molecular flexibility index (Phi) is 8.77. The lowest BCUT2D eigenvalue weighted by Crippen LogP contribution is -2.50. The van der Waals surface area contributed by atoms with Gasteiger partial charge in [-0.1, -0.05) is 4.68 Å². The van der Waals surface area contributed by atoms with Crippen LogP contribution in [-0.2, 0) is 20.9 Å². The van der Waals surface area contributed by atoms with Crippen molar-refractivity contribution in [2.45, 2.75) is 45.4 Å². The Labute approximate surface area is 150 Å². The molecule has 1 aromatic rings. The Bertz CT molecular complexity index is 626. The van der Waals surface area contributed by atoms with Crippen LogP contribution in [0.2, 0.25) is 0 Å². The molecular weight excluding hydrogens is 349 g/mol. The number of aliphatic carboxylic acids is 1. The van der Waals surface area contributed by atoms with Crippen LogP contribution in [0.4, 0.5) is 4.39 Å². The number of halogens is 1. The number of esters is 1. The van der Waals surface area contributed by atoms with Crippen LogP contribution in [-0.4, -0.2) is 58.1 Å². The second-order valence-electron chi connectivity index (χ2n) is 6.25. The topological polar surface area (TPSA) is 130 Å². The summed E-state index contributed by atoms with van der Waals surface area (Å²) in [5, 5.41) is 23.9. The highest BCUT2D eigenvalue weighted by Crippen LogP contribution is 2.08. The summed E-state index contributed by atoms with van der Waals surface area (Å²) in [6, 6.07) is 1.51. The molecule has 0 aromatic carbocycles. The number of nitrogens with zero attached hydrogens (tertiary/aromatic N) is 2. The van der Waals surface area contributed by atoms with Gasteiger partial charge in [0.2, 0.25) is 5.67 Å². The number of carboxylic acid groups (broad SMARTS) is 1. The molecule has 146 valence electrons. The van der Waals surface area contributed by atoms with E-state index in [-0.39, 0.29) is 12.2 Å². The summed E-state index contributed by atoms with van der Waals surface area (Å²) in [6.45, 7) is 5.39. The molecule has 0 saturated heterocycles. The Morgan fingerprint density at radius 3 is 2.19 bits per heavy atom. The highest BCUT2D eigenvalue weighted by Gasteiger charge is 2.29. The minimum absolute atomic E-state index is 0.0464. The predicted molar refractivity (Wildman–Crippen MR) is 87.9 cm³/mol. The van der Waals surface area contributed by atoms with Crippen LogP contribution in [0.5, 0.6) is 0 Å². The van der Waals surface area contributed by atoms with Crippen molar-refractivity contribution in [1.29, 1.82) is 0 Å². The van der Waals surface area contributed by atoms with E-state index in [9.17, 15) is 18.8 Å². The van der Waals surface area contributed by atoms with E-state index in [1.807, 2.05) is 0 Å². The van der Waals surface area contributed by atoms with Gasteiger partial charge in [-0.05, 0) is 32.8 Å². The normalized spacial score (nSPS) is 11.0. The summed E-state index contributed by atoms with van der Waals surface area (Å²) in [7, 11) is 1.16. The van der Waals surface area contributed by atoms with E-state index >= 15 is 0 Å². The van der Waals surface area contributed by atoms with Crippen LogP contribution < -0.4 is 10.00 Å². The molecule has 1 amide bonds. The molecule has 9 nitrogen and oxygen atoms in total. The van der Waals surface area contributed by atoms with Crippen LogP contribution in [0.3, 0.4) is 0 Å². The molecule has 0 bridgehead atoms. The van der Waals surface area contributed by atoms with Gasteiger partial charge in [0.15, 0.2) is 12.7 Å². The largest absolute Gasteiger partial charge is 0.480 e. The minimum atomic E-state index is -1.85. The molecule has 10 heteroatoms. The van der Waals surface area contributed by atoms with Gasteiger partial charge in [-0.3, -0.25) is 4.79 Å². The molecule has 3 N–H and O–H groups in total. The van der Waals surface area contributed by atoms with E-state index in [1.54, 1.807) is 6.20 Å². The van der Waals surface area contributed by atoms with Crippen molar-refractivity contribution in [3.05, 3.63) is 24.0 Å². The summed E-state index contributed by atoms with van der Waals surface area (Å²) in [5.41, 5.74) is -2.93. The first kappa shape index (κ1) is 23.4. The van der Waals surface area contributed by atoms with Crippen LogP contribution in [0.1, 0.15) is 38.1 Å². The molecule has 0 aliphatic carbocycles. The van der Waals surface area contributed by atoms with Gasteiger partial charge in [0, 0.05) is 6.07 Å². The molecule has 0 spiro atoms. The summed E-state index contributed by atoms with van der Waals surface area (Å²) in [6.07, 6.45) is 2.86. The number of alkyl halides is 1. The molecule has 0 saturated carbocycles. The van der Waals surface area contributed by atoms with Gasteiger partial charge in [0.1, 0.15) is 18.3 Å². The van der Waals surface area contributed by atoms with Crippen LogP contribution in [0, 0.1) is 0 Å². The zero-order valence-electron chi connectivity index (χ0n) is 15.4. The van der Waals surface area contributed by atoms with E-state index in [0.717, 1.165) is 21.0 Å². The van der Waals surface area contributed by atoms with Gasteiger partial charge in [-0.25, -0.2) is 14.0 Å². The van der Waals surface area contributed by atoms with Crippen LogP contribution in [0.25, 0.3) is 0 Å². The molecular formula is C16H25FN3O6+. The van der Waals surface area contributed by atoms with Crippen LogP contribution in [0.15, 0.2) is 18.5 Å². The van der Waals surface area contributed by atoms with E-state index in [0.29, 0.717) is 6.54 Å². The van der Waals surface area contributed by atoms with E-state index < -0.39 is 29.1 Å². The molecule has 26 heavy (non-hydrogen) atoms. The van der Waals surface area contributed by atoms with Gasteiger partial charge in [-0.15, -0.1) is 0 Å². The summed E-state index contributed by atoms with van der Waals surface area (Å²) in [4.78, 5) is 32.9. The number of carbonyl (C=O) groups is 3. The van der Waals surface area contributed by atoms with Crippen molar-refractivity contribution in [2.24, 2.45) is 0 Å². The number of carboxylic acids is 1. The molecule has 0 aliphatic heterocycles. The molecule has 1 aromatic heterocycles. The third kappa shape index (κ3) is 7.97. The van der Waals surface area contributed by atoms with Crippen LogP contribution >= 0.6 is 0 Å². The van der Waals surface area contributed by atoms with Gasteiger partial charge >= 0.3 is 11.9 Å². The molecule has 0 unspecified atom stereocenters. The number of hydrogen-bond acceptors (Lipinski definition) is 6. The fourth-order valence-corrected chi connectivity index (χ4v) is 1.41.